The quantitative estimate of drug-likeness (QED) is 0.248. The minimum absolute atomic E-state index is 0.283. The van der Waals surface area contributed by atoms with E-state index in [1.807, 2.05) is 18.2 Å². The van der Waals surface area contributed by atoms with Gasteiger partial charge in [0.25, 0.3) is 5.91 Å². The summed E-state index contributed by atoms with van der Waals surface area (Å²) in [6.45, 7) is 8.32. The van der Waals surface area contributed by atoms with E-state index in [1.165, 1.54) is 32.1 Å². The van der Waals surface area contributed by atoms with Gasteiger partial charge >= 0.3 is 6.09 Å². The highest BCUT2D eigenvalue weighted by Crippen LogP contribution is 2.19. The molecular formula is C24H38N4O4. The SMILES string of the molecule is CCCCCCCCn1c(CCC(NC(=O)OC(C)(C)C)C(=O)NO)nc2ccccc21. The first-order chi connectivity index (χ1) is 15.2. The standard InChI is InChI=1S/C24H38N4O4/c1-5-6-7-8-9-12-17-28-20-14-11-10-13-18(20)25-21(28)16-15-19(22(29)27-31)26-23(30)32-24(2,3)4/h10-11,13-14,19,31H,5-9,12,15-17H2,1-4H3,(H,26,30)(H,27,29). The summed E-state index contributed by atoms with van der Waals surface area (Å²) < 4.78 is 7.45. The molecule has 2 amide bonds. The summed E-state index contributed by atoms with van der Waals surface area (Å²) in [5.41, 5.74) is 2.93. The average molecular weight is 447 g/mol. The van der Waals surface area contributed by atoms with Gasteiger partial charge < -0.3 is 14.6 Å². The van der Waals surface area contributed by atoms with Gasteiger partial charge in [-0.1, -0.05) is 51.2 Å². The molecule has 0 bridgehead atoms. The topological polar surface area (TPSA) is 105 Å². The molecule has 1 heterocycles. The summed E-state index contributed by atoms with van der Waals surface area (Å²) in [6, 6.07) is 7.06. The predicted molar refractivity (Wildman–Crippen MR) is 125 cm³/mol. The number of amides is 2. The number of rotatable bonds is 12. The van der Waals surface area contributed by atoms with Crippen LogP contribution in [0.15, 0.2) is 24.3 Å². The molecule has 3 N–H and O–H groups in total. The Balaban J connectivity index is 2.08. The summed E-state index contributed by atoms with van der Waals surface area (Å²) in [7, 11) is 0. The molecule has 1 atom stereocenters. The number of benzene rings is 1. The molecule has 0 saturated heterocycles. The smallest absolute Gasteiger partial charge is 0.408 e. The van der Waals surface area contributed by atoms with Crippen molar-refractivity contribution in [2.75, 3.05) is 0 Å². The Morgan fingerprint density at radius 2 is 1.81 bits per heavy atom. The number of imidazole rings is 1. The highest BCUT2D eigenvalue weighted by atomic mass is 16.6. The van der Waals surface area contributed by atoms with E-state index in [1.54, 1.807) is 26.3 Å². The predicted octanol–water partition coefficient (Wildman–Crippen LogP) is 4.73. The minimum atomic E-state index is -0.933. The second-order valence-corrected chi connectivity index (χ2v) is 9.15. The monoisotopic (exact) mass is 446 g/mol. The van der Waals surface area contributed by atoms with Crippen LogP contribution in [0.1, 0.15) is 78.5 Å². The van der Waals surface area contributed by atoms with Crippen molar-refractivity contribution < 1.29 is 19.5 Å². The molecule has 2 aromatic rings. The Labute approximate surface area is 190 Å². The van der Waals surface area contributed by atoms with Crippen LogP contribution in [0.25, 0.3) is 11.0 Å². The zero-order valence-corrected chi connectivity index (χ0v) is 19.8. The number of para-hydroxylation sites is 2. The maximum atomic E-state index is 12.1. The number of aryl methyl sites for hydroxylation is 2. The molecule has 0 saturated carbocycles. The van der Waals surface area contributed by atoms with Gasteiger partial charge in [0.2, 0.25) is 0 Å². The second-order valence-electron chi connectivity index (χ2n) is 9.15. The van der Waals surface area contributed by atoms with Crippen LogP contribution in [0.3, 0.4) is 0 Å². The zero-order valence-electron chi connectivity index (χ0n) is 19.8. The molecule has 0 aliphatic heterocycles. The third-order valence-electron chi connectivity index (χ3n) is 5.24. The summed E-state index contributed by atoms with van der Waals surface area (Å²) in [5.74, 6) is 0.177. The molecule has 8 heteroatoms. The number of alkyl carbamates (subject to hydrolysis) is 1. The summed E-state index contributed by atoms with van der Waals surface area (Å²) in [6.07, 6.45) is 7.29. The van der Waals surface area contributed by atoms with Gasteiger partial charge in [-0.3, -0.25) is 10.0 Å². The van der Waals surface area contributed by atoms with Crippen LogP contribution in [0.5, 0.6) is 0 Å². The Hall–Kier alpha value is -2.61. The highest BCUT2D eigenvalue weighted by molar-refractivity contribution is 5.84. The van der Waals surface area contributed by atoms with Crippen molar-refractivity contribution in [1.82, 2.24) is 20.3 Å². The molecule has 2 rings (SSSR count). The Morgan fingerprint density at radius 1 is 1.12 bits per heavy atom. The Kier molecular flexibility index (Phi) is 9.97. The van der Waals surface area contributed by atoms with Crippen LogP contribution in [0.2, 0.25) is 0 Å². The molecule has 32 heavy (non-hydrogen) atoms. The number of carbonyl (C=O) groups is 2. The summed E-state index contributed by atoms with van der Waals surface area (Å²) >= 11 is 0. The fourth-order valence-corrected chi connectivity index (χ4v) is 3.69. The van der Waals surface area contributed by atoms with Gasteiger partial charge in [-0.2, -0.15) is 0 Å². The van der Waals surface area contributed by atoms with Gasteiger partial charge in [-0.25, -0.2) is 15.3 Å². The van der Waals surface area contributed by atoms with Gasteiger partial charge in [0.05, 0.1) is 11.0 Å². The minimum Gasteiger partial charge on any atom is -0.444 e. The lowest BCUT2D eigenvalue weighted by atomic mass is 10.1. The fraction of sp³-hybridized carbons (Fsp3) is 0.625. The first kappa shape index (κ1) is 25.6. The number of hydrogen-bond donors (Lipinski definition) is 3. The van der Waals surface area contributed by atoms with E-state index in [0.29, 0.717) is 6.42 Å². The van der Waals surface area contributed by atoms with Crippen molar-refractivity contribution in [2.45, 2.75) is 97.2 Å². The first-order valence-electron chi connectivity index (χ1n) is 11.6. The van der Waals surface area contributed by atoms with E-state index in [-0.39, 0.29) is 6.42 Å². The van der Waals surface area contributed by atoms with E-state index in [2.05, 4.69) is 22.9 Å². The van der Waals surface area contributed by atoms with E-state index < -0.39 is 23.6 Å². The molecule has 178 valence electrons. The van der Waals surface area contributed by atoms with Crippen LogP contribution < -0.4 is 10.8 Å². The molecule has 0 aliphatic rings. The number of nitrogens with one attached hydrogen (secondary N) is 2. The van der Waals surface area contributed by atoms with E-state index in [9.17, 15) is 9.59 Å². The molecule has 0 fully saturated rings. The van der Waals surface area contributed by atoms with Crippen molar-refractivity contribution in [3.8, 4) is 0 Å². The number of hydroxylamine groups is 1. The molecule has 1 aromatic heterocycles. The number of nitrogens with zero attached hydrogens (tertiary/aromatic N) is 2. The van der Waals surface area contributed by atoms with Crippen molar-refractivity contribution in [3.63, 3.8) is 0 Å². The van der Waals surface area contributed by atoms with Crippen LogP contribution in [-0.2, 0) is 22.5 Å². The molecule has 0 spiro atoms. The fourth-order valence-electron chi connectivity index (χ4n) is 3.69. The maximum Gasteiger partial charge on any atom is 0.408 e. The number of carbonyl (C=O) groups excluding carboxylic acids is 2. The third kappa shape index (κ3) is 8.15. The van der Waals surface area contributed by atoms with Crippen LogP contribution >= 0.6 is 0 Å². The highest BCUT2D eigenvalue weighted by Gasteiger charge is 2.25. The van der Waals surface area contributed by atoms with E-state index in [0.717, 1.165) is 29.8 Å². The number of unbranched alkanes of at least 4 members (excludes halogenated alkanes) is 5. The van der Waals surface area contributed by atoms with Crippen molar-refractivity contribution in [1.29, 1.82) is 0 Å². The van der Waals surface area contributed by atoms with Gasteiger partial charge in [-0.15, -0.1) is 0 Å². The molecule has 1 aromatic carbocycles. The lowest BCUT2D eigenvalue weighted by Crippen LogP contribution is -2.47. The van der Waals surface area contributed by atoms with Crippen molar-refractivity contribution in [3.05, 3.63) is 30.1 Å². The average Bonchev–Trinajstić information content (AvgIpc) is 3.09. The molecule has 8 nitrogen and oxygen atoms in total. The molecular weight excluding hydrogens is 408 g/mol. The van der Waals surface area contributed by atoms with Gasteiger partial charge in [0.15, 0.2) is 0 Å². The van der Waals surface area contributed by atoms with Crippen molar-refractivity contribution >= 4 is 23.0 Å². The lowest BCUT2D eigenvalue weighted by Gasteiger charge is -2.22. The number of ether oxygens (including phenoxy) is 1. The number of hydrogen-bond acceptors (Lipinski definition) is 5. The number of fused-ring (bicyclic) bond motifs is 1. The largest absolute Gasteiger partial charge is 0.444 e. The second kappa shape index (κ2) is 12.4. The van der Waals surface area contributed by atoms with E-state index in [4.69, 9.17) is 14.9 Å². The first-order valence-corrected chi connectivity index (χ1v) is 11.6. The lowest BCUT2D eigenvalue weighted by molar-refractivity contribution is -0.131. The molecule has 1 unspecified atom stereocenters. The van der Waals surface area contributed by atoms with E-state index >= 15 is 0 Å². The third-order valence-corrected chi connectivity index (χ3v) is 5.24. The molecule has 0 radical (unpaired) electrons. The van der Waals surface area contributed by atoms with Gasteiger partial charge in [0.1, 0.15) is 17.5 Å². The Morgan fingerprint density at radius 3 is 2.50 bits per heavy atom. The number of aromatic nitrogens is 2. The molecule has 0 aliphatic carbocycles. The summed E-state index contributed by atoms with van der Waals surface area (Å²) in [4.78, 5) is 29.0. The van der Waals surface area contributed by atoms with Gasteiger partial charge in [-0.05, 0) is 45.7 Å². The zero-order chi connectivity index (χ0) is 23.6. The maximum absolute atomic E-state index is 12.1. The van der Waals surface area contributed by atoms with Crippen molar-refractivity contribution in [2.24, 2.45) is 0 Å². The normalized spacial score (nSPS) is 12.5. The Bertz CT molecular complexity index is 872. The van der Waals surface area contributed by atoms with Gasteiger partial charge in [0, 0.05) is 13.0 Å². The van der Waals surface area contributed by atoms with Crippen LogP contribution in [-0.4, -0.2) is 38.4 Å². The van der Waals surface area contributed by atoms with Crippen LogP contribution in [0, 0.1) is 0 Å². The van der Waals surface area contributed by atoms with Crippen LogP contribution in [0.4, 0.5) is 4.79 Å². The summed E-state index contributed by atoms with van der Waals surface area (Å²) in [5, 5.41) is 11.7.